The van der Waals surface area contributed by atoms with E-state index in [9.17, 15) is 5.11 Å². The second-order valence-corrected chi connectivity index (χ2v) is 4.45. The van der Waals surface area contributed by atoms with Crippen LogP contribution < -0.4 is 5.32 Å². The third-order valence-electron chi connectivity index (χ3n) is 3.26. The Morgan fingerprint density at radius 2 is 2.33 bits per heavy atom. The fourth-order valence-electron chi connectivity index (χ4n) is 2.05. The highest BCUT2D eigenvalue weighted by Gasteiger charge is 2.19. The number of furan rings is 1. The number of hydrogen-bond acceptors (Lipinski definition) is 4. The van der Waals surface area contributed by atoms with Crippen LogP contribution in [-0.2, 0) is 7.05 Å². The van der Waals surface area contributed by atoms with E-state index in [1.54, 1.807) is 6.26 Å². The smallest absolute Gasteiger partial charge is 0.123 e. The lowest BCUT2D eigenvalue weighted by atomic mass is 10.1. The van der Waals surface area contributed by atoms with Gasteiger partial charge in [0.1, 0.15) is 5.76 Å². The molecule has 0 saturated heterocycles. The van der Waals surface area contributed by atoms with Gasteiger partial charge in [-0.3, -0.25) is 10.00 Å². The summed E-state index contributed by atoms with van der Waals surface area (Å²) < 4.78 is 7.16. The molecule has 0 fully saturated rings. The van der Waals surface area contributed by atoms with Crippen LogP contribution in [0.5, 0.6) is 0 Å². The molecule has 18 heavy (non-hydrogen) atoms. The van der Waals surface area contributed by atoms with E-state index in [4.69, 9.17) is 4.42 Å². The molecule has 2 rings (SSSR count). The van der Waals surface area contributed by atoms with E-state index in [1.807, 2.05) is 37.0 Å². The van der Waals surface area contributed by atoms with Crippen molar-refractivity contribution in [3.8, 4) is 0 Å². The number of rotatable bonds is 5. The van der Waals surface area contributed by atoms with Gasteiger partial charge in [-0.25, -0.2) is 0 Å². The zero-order valence-electron chi connectivity index (χ0n) is 10.9. The maximum Gasteiger partial charge on any atom is 0.123 e. The average Bonchev–Trinajstić information content (AvgIpc) is 2.98. The van der Waals surface area contributed by atoms with Crippen molar-refractivity contribution in [2.45, 2.75) is 25.9 Å². The Morgan fingerprint density at radius 1 is 1.56 bits per heavy atom. The first kappa shape index (κ1) is 12.9. The van der Waals surface area contributed by atoms with Crippen LogP contribution in [0.15, 0.2) is 29.0 Å². The van der Waals surface area contributed by atoms with E-state index in [1.165, 1.54) is 0 Å². The molecule has 2 aromatic rings. The second-order valence-electron chi connectivity index (χ2n) is 4.45. The first-order valence-electron chi connectivity index (χ1n) is 6.02. The highest BCUT2D eigenvalue weighted by Crippen LogP contribution is 2.21. The SMILES string of the molecule is Cc1c(C(C)NC(CO)c2ccco2)cnn1C. The summed E-state index contributed by atoms with van der Waals surface area (Å²) in [5.74, 6) is 0.742. The van der Waals surface area contributed by atoms with E-state index < -0.39 is 0 Å². The lowest BCUT2D eigenvalue weighted by Gasteiger charge is -2.20. The lowest BCUT2D eigenvalue weighted by Crippen LogP contribution is -2.27. The Balaban J connectivity index is 2.11. The summed E-state index contributed by atoms with van der Waals surface area (Å²) >= 11 is 0. The zero-order valence-corrected chi connectivity index (χ0v) is 10.9. The molecule has 0 radical (unpaired) electrons. The minimum atomic E-state index is -0.199. The summed E-state index contributed by atoms with van der Waals surface area (Å²) in [4.78, 5) is 0. The maximum absolute atomic E-state index is 9.42. The summed E-state index contributed by atoms with van der Waals surface area (Å²) in [5.41, 5.74) is 2.24. The summed E-state index contributed by atoms with van der Waals surface area (Å²) in [5, 5.41) is 17.0. The first-order chi connectivity index (χ1) is 8.63. The molecule has 0 aliphatic carbocycles. The van der Waals surface area contributed by atoms with Crippen LogP contribution in [0.2, 0.25) is 0 Å². The van der Waals surface area contributed by atoms with Gasteiger partial charge in [-0.05, 0) is 26.0 Å². The molecular weight excluding hydrogens is 230 g/mol. The number of aryl methyl sites for hydroxylation is 1. The van der Waals surface area contributed by atoms with Crippen molar-refractivity contribution in [1.29, 1.82) is 0 Å². The standard InChI is InChI=1S/C13H19N3O2/c1-9(11-7-14-16(3)10(11)2)15-12(8-17)13-5-4-6-18-13/h4-7,9,12,15,17H,8H2,1-3H3. The zero-order chi connectivity index (χ0) is 13.1. The lowest BCUT2D eigenvalue weighted by molar-refractivity contribution is 0.217. The van der Waals surface area contributed by atoms with Crippen LogP contribution in [0.25, 0.3) is 0 Å². The molecule has 98 valence electrons. The molecule has 0 amide bonds. The molecule has 5 heteroatoms. The van der Waals surface area contributed by atoms with Crippen molar-refractivity contribution in [1.82, 2.24) is 15.1 Å². The van der Waals surface area contributed by atoms with E-state index in [0.29, 0.717) is 0 Å². The molecule has 2 unspecified atom stereocenters. The molecule has 2 heterocycles. The number of aliphatic hydroxyl groups excluding tert-OH is 1. The highest BCUT2D eigenvalue weighted by molar-refractivity contribution is 5.20. The van der Waals surface area contributed by atoms with Crippen molar-refractivity contribution >= 4 is 0 Å². The number of aromatic nitrogens is 2. The van der Waals surface area contributed by atoms with E-state index in [-0.39, 0.29) is 18.7 Å². The molecule has 0 aliphatic heterocycles. The normalized spacial score (nSPS) is 14.7. The van der Waals surface area contributed by atoms with Crippen LogP contribution in [-0.4, -0.2) is 21.5 Å². The van der Waals surface area contributed by atoms with E-state index in [2.05, 4.69) is 17.3 Å². The van der Waals surface area contributed by atoms with Crippen molar-refractivity contribution in [2.75, 3.05) is 6.61 Å². The van der Waals surface area contributed by atoms with Gasteiger partial charge in [-0.1, -0.05) is 0 Å². The molecule has 0 saturated carbocycles. The van der Waals surface area contributed by atoms with Crippen LogP contribution in [0.1, 0.15) is 36.0 Å². The molecule has 5 nitrogen and oxygen atoms in total. The Hall–Kier alpha value is -1.59. The van der Waals surface area contributed by atoms with Crippen molar-refractivity contribution in [2.24, 2.45) is 7.05 Å². The van der Waals surface area contributed by atoms with Gasteiger partial charge in [0.2, 0.25) is 0 Å². The van der Waals surface area contributed by atoms with Gasteiger partial charge in [0.15, 0.2) is 0 Å². The van der Waals surface area contributed by atoms with Gasteiger partial charge in [0.05, 0.1) is 25.1 Å². The fourth-order valence-corrected chi connectivity index (χ4v) is 2.05. The summed E-state index contributed by atoms with van der Waals surface area (Å²) in [6, 6.07) is 3.58. The molecule has 0 aromatic carbocycles. The summed E-state index contributed by atoms with van der Waals surface area (Å²) in [7, 11) is 1.92. The van der Waals surface area contributed by atoms with Crippen molar-refractivity contribution < 1.29 is 9.52 Å². The van der Waals surface area contributed by atoms with E-state index >= 15 is 0 Å². The van der Waals surface area contributed by atoms with E-state index in [0.717, 1.165) is 17.0 Å². The largest absolute Gasteiger partial charge is 0.468 e. The van der Waals surface area contributed by atoms with Crippen LogP contribution in [0, 0.1) is 6.92 Å². The molecule has 0 spiro atoms. The van der Waals surface area contributed by atoms with Crippen LogP contribution in [0.3, 0.4) is 0 Å². The quantitative estimate of drug-likeness (QED) is 0.846. The Kier molecular flexibility index (Phi) is 3.84. The van der Waals surface area contributed by atoms with Crippen molar-refractivity contribution in [3.05, 3.63) is 41.6 Å². The third-order valence-corrected chi connectivity index (χ3v) is 3.26. The van der Waals surface area contributed by atoms with Gasteiger partial charge >= 0.3 is 0 Å². The summed E-state index contributed by atoms with van der Waals surface area (Å²) in [6.45, 7) is 4.08. The minimum Gasteiger partial charge on any atom is -0.468 e. The fraction of sp³-hybridized carbons (Fsp3) is 0.462. The molecular formula is C13H19N3O2. The number of aliphatic hydroxyl groups is 1. The topological polar surface area (TPSA) is 63.2 Å². The predicted molar refractivity (Wildman–Crippen MR) is 68.0 cm³/mol. The highest BCUT2D eigenvalue weighted by atomic mass is 16.3. The molecule has 2 N–H and O–H groups in total. The average molecular weight is 249 g/mol. The summed E-state index contributed by atoms with van der Waals surface area (Å²) in [6.07, 6.45) is 3.46. The number of nitrogens with zero attached hydrogens (tertiary/aromatic N) is 2. The van der Waals surface area contributed by atoms with Crippen LogP contribution >= 0.6 is 0 Å². The second kappa shape index (κ2) is 5.37. The predicted octanol–water partition coefficient (Wildman–Crippen LogP) is 1.71. The van der Waals surface area contributed by atoms with Gasteiger partial charge in [0, 0.05) is 24.3 Å². The molecule has 2 atom stereocenters. The van der Waals surface area contributed by atoms with Gasteiger partial charge in [0.25, 0.3) is 0 Å². The first-order valence-corrected chi connectivity index (χ1v) is 6.02. The molecule has 0 aliphatic rings. The van der Waals surface area contributed by atoms with Gasteiger partial charge < -0.3 is 9.52 Å². The monoisotopic (exact) mass is 249 g/mol. The Bertz CT molecular complexity index is 490. The third kappa shape index (κ3) is 2.47. The number of nitrogens with one attached hydrogen (secondary N) is 1. The van der Waals surface area contributed by atoms with Crippen LogP contribution in [0.4, 0.5) is 0 Å². The minimum absolute atomic E-state index is 0.00281. The Morgan fingerprint density at radius 3 is 2.83 bits per heavy atom. The Labute approximate surface area is 106 Å². The maximum atomic E-state index is 9.42. The number of hydrogen-bond donors (Lipinski definition) is 2. The van der Waals surface area contributed by atoms with Crippen molar-refractivity contribution in [3.63, 3.8) is 0 Å². The molecule has 2 aromatic heterocycles. The molecule has 0 bridgehead atoms. The van der Waals surface area contributed by atoms with Gasteiger partial charge in [-0.15, -0.1) is 0 Å². The van der Waals surface area contributed by atoms with Gasteiger partial charge in [-0.2, -0.15) is 5.10 Å².